The van der Waals surface area contributed by atoms with Gasteiger partial charge in [0.05, 0.1) is 10.5 Å². The minimum absolute atomic E-state index is 0.170. The lowest BCUT2D eigenvalue weighted by atomic mass is 10.1. The van der Waals surface area contributed by atoms with Crippen LogP contribution in [0.25, 0.3) is 11.3 Å². The van der Waals surface area contributed by atoms with E-state index in [1.165, 1.54) is 0 Å². The lowest BCUT2D eigenvalue weighted by Gasteiger charge is -2.05. The molecule has 1 heterocycles. The van der Waals surface area contributed by atoms with Crippen molar-refractivity contribution in [1.29, 1.82) is 0 Å². The fourth-order valence-electron chi connectivity index (χ4n) is 1.60. The van der Waals surface area contributed by atoms with Gasteiger partial charge in [-0.2, -0.15) is 0 Å². The van der Waals surface area contributed by atoms with Gasteiger partial charge in [-0.15, -0.1) is 0 Å². The highest BCUT2D eigenvalue weighted by atomic mass is 16.5. The highest BCUT2D eigenvalue weighted by Crippen LogP contribution is 2.20. The fraction of sp³-hybridized carbons (Fsp3) is 0.0909. The molecule has 0 fully saturated rings. The summed E-state index contributed by atoms with van der Waals surface area (Å²) in [6, 6.07) is 8.88. The maximum atomic E-state index is 11.4. The van der Waals surface area contributed by atoms with Crippen molar-refractivity contribution < 1.29 is 9.75 Å². The summed E-state index contributed by atoms with van der Waals surface area (Å²) in [4.78, 5) is 11.5. The Morgan fingerprint density at radius 2 is 1.94 bits per heavy atom. The van der Waals surface area contributed by atoms with E-state index in [9.17, 15) is 10.0 Å². The first-order valence-corrected chi connectivity index (χ1v) is 4.93. The Morgan fingerprint density at radius 3 is 2.53 bits per heavy atom. The van der Waals surface area contributed by atoms with Gasteiger partial charge in [0.2, 0.25) is 0 Å². The van der Waals surface area contributed by atoms with E-state index < -0.39 is 5.91 Å². The molecule has 0 aliphatic heterocycles. The lowest BCUT2D eigenvalue weighted by molar-refractivity contribution is -0.728. The minimum atomic E-state index is -0.651. The second kappa shape index (κ2) is 4.17. The van der Waals surface area contributed by atoms with Crippen LogP contribution in [0, 0.1) is 12.1 Å². The average Bonchev–Trinajstić information content (AvgIpc) is 2.28. The maximum Gasteiger partial charge on any atom is 0.253 e. The zero-order valence-electron chi connectivity index (χ0n) is 9.12. The van der Waals surface area contributed by atoms with Crippen molar-refractivity contribution >= 4 is 5.91 Å². The van der Waals surface area contributed by atoms with Crippen molar-refractivity contribution in [3.63, 3.8) is 0 Å². The van der Waals surface area contributed by atoms with E-state index in [2.05, 4.69) is 10.2 Å². The molecule has 6 heteroatoms. The Balaban J connectivity index is 2.72. The number of benzene rings is 1. The highest BCUT2D eigenvalue weighted by Gasteiger charge is 2.20. The number of nitrogens with zero attached hydrogens (tertiary/aromatic N) is 3. The normalized spacial score (nSPS) is 10.2. The van der Waals surface area contributed by atoms with Gasteiger partial charge >= 0.3 is 0 Å². The highest BCUT2D eigenvalue weighted by molar-refractivity contribution is 5.99. The van der Waals surface area contributed by atoms with Crippen LogP contribution in [0.5, 0.6) is 0 Å². The number of nitrogens with two attached hydrogens (primary N) is 1. The number of hydrogen-bond donors (Lipinski definition) is 1. The molecular weight excluding hydrogens is 220 g/mol. The lowest BCUT2D eigenvalue weighted by Crippen LogP contribution is -2.38. The molecule has 0 saturated heterocycles. The third-order valence-electron chi connectivity index (χ3n) is 2.31. The van der Waals surface area contributed by atoms with E-state index in [1.54, 1.807) is 31.2 Å². The standard InChI is InChI=1S/C11H10N4O2/c1-7-9(11(12)16)10(14-15(17)13-7)8-5-3-2-4-6-8/h2-6H,1H3,(H2,12,16). The fourth-order valence-corrected chi connectivity index (χ4v) is 1.60. The molecule has 6 nitrogen and oxygen atoms in total. The summed E-state index contributed by atoms with van der Waals surface area (Å²) in [5.74, 6) is -0.651. The summed E-state index contributed by atoms with van der Waals surface area (Å²) in [5.41, 5.74) is 6.61. The number of rotatable bonds is 2. The van der Waals surface area contributed by atoms with E-state index in [-0.39, 0.29) is 21.9 Å². The Morgan fingerprint density at radius 1 is 1.29 bits per heavy atom. The van der Waals surface area contributed by atoms with Crippen LogP contribution in [0.3, 0.4) is 0 Å². The maximum absolute atomic E-state index is 11.4. The second-order valence-corrected chi connectivity index (χ2v) is 3.49. The average molecular weight is 230 g/mol. The topological polar surface area (TPSA) is 95.8 Å². The van der Waals surface area contributed by atoms with Gasteiger partial charge in [0, 0.05) is 15.8 Å². The van der Waals surface area contributed by atoms with Gasteiger partial charge in [-0.1, -0.05) is 30.3 Å². The van der Waals surface area contributed by atoms with Gasteiger partial charge in [-0.25, -0.2) is 0 Å². The summed E-state index contributed by atoms with van der Waals surface area (Å²) >= 11 is 0. The van der Waals surface area contributed by atoms with E-state index in [1.807, 2.05) is 6.07 Å². The molecule has 1 aromatic carbocycles. The predicted molar refractivity (Wildman–Crippen MR) is 59.7 cm³/mol. The number of aryl methyl sites for hydroxylation is 1. The molecular formula is C11H10N4O2. The monoisotopic (exact) mass is 230 g/mol. The van der Waals surface area contributed by atoms with Crippen molar-refractivity contribution in [3.8, 4) is 11.3 Å². The van der Waals surface area contributed by atoms with E-state index in [4.69, 9.17) is 5.73 Å². The summed E-state index contributed by atoms with van der Waals surface area (Å²) in [7, 11) is 0. The third kappa shape index (κ3) is 2.05. The van der Waals surface area contributed by atoms with Crippen molar-refractivity contribution in [2.45, 2.75) is 6.92 Å². The van der Waals surface area contributed by atoms with Crippen LogP contribution < -0.4 is 10.7 Å². The van der Waals surface area contributed by atoms with Crippen LogP contribution in [0.2, 0.25) is 0 Å². The molecule has 86 valence electrons. The van der Waals surface area contributed by atoms with Gasteiger partial charge < -0.3 is 10.9 Å². The molecule has 2 N–H and O–H groups in total. The molecule has 0 unspecified atom stereocenters. The van der Waals surface area contributed by atoms with Crippen LogP contribution in [-0.2, 0) is 0 Å². The predicted octanol–water partition coefficient (Wildman–Crippen LogP) is 0.184. The zero-order valence-corrected chi connectivity index (χ0v) is 9.12. The number of aromatic nitrogens is 3. The van der Waals surface area contributed by atoms with Crippen molar-refractivity contribution in [2.24, 2.45) is 5.73 Å². The molecule has 1 amide bonds. The molecule has 0 saturated carbocycles. The van der Waals surface area contributed by atoms with Gasteiger partial charge in [0.1, 0.15) is 5.69 Å². The third-order valence-corrected chi connectivity index (χ3v) is 2.31. The Kier molecular flexibility index (Phi) is 2.70. The summed E-state index contributed by atoms with van der Waals surface area (Å²) in [5, 5.41) is 18.4. The van der Waals surface area contributed by atoms with Crippen LogP contribution in [0.1, 0.15) is 16.1 Å². The molecule has 0 aliphatic carbocycles. The summed E-state index contributed by atoms with van der Waals surface area (Å²) in [6.45, 7) is 1.54. The first-order chi connectivity index (χ1) is 8.09. The van der Waals surface area contributed by atoms with Crippen molar-refractivity contribution in [2.75, 3.05) is 0 Å². The number of carbonyl (C=O) groups is 1. The van der Waals surface area contributed by atoms with E-state index in [0.29, 0.717) is 5.56 Å². The van der Waals surface area contributed by atoms with E-state index in [0.717, 1.165) is 0 Å². The summed E-state index contributed by atoms with van der Waals surface area (Å²) < 4.78 is 0. The minimum Gasteiger partial charge on any atom is -0.569 e. The van der Waals surface area contributed by atoms with Gasteiger partial charge in [0.25, 0.3) is 5.91 Å². The van der Waals surface area contributed by atoms with Gasteiger partial charge in [-0.3, -0.25) is 4.79 Å². The molecule has 0 bridgehead atoms. The molecule has 2 aromatic rings. The molecule has 1 aromatic heterocycles. The Hall–Kier alpha value is -2.50. The second-order valence-electron chi connectivity index (χ2n) is 3.49. The van der Waals surface area contributed by atoms with Gasteiger partial charge in [0.15, 0.2) is 5.69 Å². The van der Waals surface area contributed by atoms with Crippen molar-refractivity contribution in [1.82, 2.24) is 10.2 Å². The molecule has 0 aliphatic rings. The number of amides is 1. The van der Waals surface area contributed by atoms with Crippen LogP contribution >= 0.6 is 0 Å². The SMILES string of the molecule is Cc1n[n+]([O-])nc(-c2ccccc2)c1C(N)=O. The quantitative estimate of drug-likeness (QED) is 0.588. The van der Waals surface area contributed by atoms with Crippen LogP contribution in [0.15, 0.2) is 30.3 Å². The van der Waals surface area contributed by atoms with Crippen LogP contribution in [-0.4, -0.2) is 16.1 Å². The molecule has 0 radical (unpaired) electrons. The Bertz CT molecular complexity index is 569. The number of primary amides is 1. The molecule has 0 atom stereocenters. The van der Waals surface area contributed by atoms with Gasteiger partial charge in [-0.05, 0) is 6.92 Å². The first kappa shape index (κ1) is 11.0. The first-order valence-electron chi connectivity index (χ1n) is 4.93. The van der Waals surface area contributed by atoms with Crippen LogP contribution in [0.4, 0.5) is 0 Å². The summed E-state index contributed by atoms with van der Waals surface area (Å²) in [6.07, 6.45) is 0. The Labute approximate surface area is 97.3 Å². The smallest absolute Gasteiger partial charge is 0.253 e. The number of carbonyl (C=O) groups excluding carboxylic acids is 1. The molecule has 2 rings (SSSR count). The molecule has 0 spiro atoms. The zero-order chi connectivity index (χ0) is 12.4. The van der Waals surface area contributed by atoms with E-state index >= 15 is 0 Å². The largest absolute Gasteiger partial charge is 0.569 e. The van der Waals surface area contributed by atoms with Crippen molar-refractivity contribution in [3.05, 3.63) is 46.8 Å². The number of hydrogen-bond acceptors (Lipinski definition) is 4. The molecule has 17 heavy (non-hydrogen) atoms.